The van der Waals surface area contributed by atoms with E-state index in [1.54, 1.807) is 0 Å². The summed E-state index contributed by atoms with van der Waals surface area (Å²) in [6, 6.07) is 15.5. The van der Waals surface area contributed by atoms with E-state index in [1.807, 2.05) is 74.5 Å². The van der Waals surface area contributed by atoms with E-state index < -0.39 is 42.1 Å². The maximum absolute atomic E-state index is 13.9. The zero-order valence-electron chi connectivity index (χ0n) is 29.3. The summed E-state index contributed by atoms with van der Waals surface area (Å²) in [6.07, 6.45) is 4.11. The molecular weight excluding hydrogens is 638 g/mol. The van der Waals surface area contributed by atoms with Crippen LogP contribution >= 0.6 is 0 Å². The van der Waals surface area contributed by atoms with Crippen molar-refractivity contribution in [1.29, 1.82) is 0 Å². The molecule has 1 aliphatic rings. The van der Waals surface area contributed by atoms with Gasteiger partial charge in [0, 0.05) is 19.0 Å². The standard InChI is InChI=1S/C37H55N7O6/c1-25(2)21-30(32(45)23-33(46)41-28-17-10-5-11-18-28)42-35(48)31(22-26-13-6-3-7-14-26)43-34(47)29(19-12-20-40-36(38)39)44-37(49)50-24-27-15-8-4-9-16-27/h3-4,6-9,13-16,25,28-32,45H,5,10-12,17-24H2,1-2H3,(H,41,46)(H,42,48)(H,43,47)(H,44,49)(H4,38,39,40)/t29-,30-,31-,32-/m0/s1. The van der Waals surface area contributed by atoms with Crippen LogP contribution < -0.4 is 32.7 Å². The van der Waals surface area contributed by atoms with Crippen molar-refractivity contribution < 1.29 is 29.0 Å². The average Bonchev–Trinajstić information content (AvgIpc) is 3.09. The van der Waals surface area contributed by atoms with E-state index in [0.717, 1.165) is 43.2 Å². The highest BCUT2D eigenvalue weighted by molar-refractivity contribution is 5.91. The number of benzene rings is 2. The summed E-state index contributed by atoms with van der Waals surface area (Å²) in [4.78, 5) is 57.3. The lowest BCUT2D eigenvalue weighted by atomic mass is 9.94. The van der Waals surface area contributed by atoms with E-state index in [2.05, 4.69) is 26.3 Å². The van der Waals surface area contributed by atoms with Gasteiger partial charge in [-0.05, 0) is 49.1 Å². The maximum atomic E-state index is 13.9. The highest BCUT2D eigenvalue weighted by atomic mass is 16.5. The Hall–Kier alpha value is -4.65. The van der Waals surface area contributed by atoms with Crippen LogP contribution in [-0.4, -0.2) is 71.7 Å². The van der Waals surface area contributed by atoms with Crippen molar-refractivity contribution in [2.45, 2.75) is 115 Å². The molecule has 4 atom stereocenters. The van der Waals surface area contributed by atoms with E-state index >= 15 is 0 Å². The SMILES string of the molecule is CC(C)C[C@H](NC(=O)[C@H](Cc1ccccc1)NC(=O)[C@H](CCCN=C(N)N)NC(=O)OCc1ccccc1)[C@@H](O)CC(=O)NC1CCCCC1. The van der Waals surface area contributed by atoms with Gasteiger partial charge in [-0.15, -0.1) is 0 Å². The first-order chi connectivity index (χ1) is 24.0. The predicted octanol–water partition coefficient (Wildman–Crippen LogP) is 2.79. The minimum absolute atomic E-state index is 0.00625. The second-order valence-electron chi connectivity index (χ2n) is 13.4. The van der Waals surface area contributed by atoms with Crippen LogP contribution in [0, 0.1) is 5.92 Å². The minimum Gasteiger partial charge on any atom is -0.445 e. The molecule has 13 heteroatoms. The van der Waals surface area contributed by atoms with Crippen LogP contribution in [0.4, 0.5) is 4.79 Å². The van der Waals surface area contributed by atoms with Crippen molar-refractivity contribution in [1.82, 2.24) is 21.3 Å². The van der Waals surface area contributed by atoms with Gasteiger partial charge in [-0.2, -0.15) is 0 Å². The van der Waals surface area contributed by atoms with Crippen molar-refractivity contribution in [3.8, 4) is 0 Å². The third-order valence-corrected chi connectivity index (χ3v) is 8.56. The van der Waals surface area contributed by atoms with Crippen LogP contribution in [0.3, 0.4) is 0 Å². The van der Waals surface area contributed by atoms with Crippen LogP contribution in [0.15, 0.2) is 65.7 Å². The lowest BCUT2D eigenvalue weighted by Crippen LogP contribution is -2.57. The Morgan fingerprint density at radius 3 is 2.10 bits per heavy atom. The molecule has 2 aromatic carbocycles. The molecule has 1 fully saturated rings. The van der Waals surface area contributed by atoms with Gasteiger partial charge < -0.3 is 42.6 Å². The molecule has 0 saturated heterocycles. The molecule has 13 nitrogen and oxygen atoms in total. The summed E-state index contributed by atoms with van der Waals surface area (Å²) in [6.45, 7) is 4.16. The highest BCUT2D eigenvalue weighted by Gasteiger charge is 2.31. The summed E-state index contributed by atoms with van der Waals surface area (Å²) in [7, 11) is 0. The molecule has 50 heavy (non-hydrogen) atoms. The molecule has 0 heterocycles. The van der Waals surface area contributed by atoms with Crippen LogP contribution in [0.5, 0.6) is 0 Å². The molecule has 0 unspecified atom stereocenters. The number of aliphatic hydroxyl groups is 1. The molecule has 1 aliphatic carbocycles. The van der Waals surface area contributed by atoms with E-state index in [0.29, 0.717) is 12.8 Å². The number of alkyl carbamates (subject to hydrolysis) is 1. The number of nitrogens with one attached hydrogen (secondary N) is 4. The highest BCUT2D eigenvalue weighted by Crippen LogP contribution is 2.18. The molecule has 9 N–H and O–H groups in total. The topological polar surface area (TPSA) is 210 Å². The fourth-order valence-corrected chi connectivity index (χ4v) is 5.98. The Bertz CT molecular complexity index is 1360. The zero-order valence-corrected chi connectivity index (χ0v) is 29.3. The number of carbonyl (C=O) groups is 4. The molecule has 4 amide bonds. The normalized spacial score (nSPS) is 15.5. The van der Waals surface area contributed by atoms with Gasteiger partial charge in [0.25, 0.3) is 0 Å². The molecular formula is C37H55N7O6. The number of carbonyl (C=O) groups excluding carboxylic acids is 4. The van der Waals surface area contributed by atoms with Gasteiger partial charge in [0.1, 0.15) is 18.7 Å². The van der Waals surface area contributed by atoms with E-state index in [9.17, 15) is 24.3 Å². The number of nitrogens with zero attached hydrogens (tertiary/aromatic N) is 1. The second kappa shape index (κ2) is 21.4. The molecule has 2 aromatic rings. The molecule has 0 spiro atoms. The number of hydrogen-bond acceptors (Lipinski definition) is 7. The zero-order chi connectivity index (χ0) is 36.3. The van der Waals surface area contributed by atoms with E-state index in [1.165, 1.54) is 0 Å². The number of nitrogens with two attached hydrogens (primary N) is 2. The maximum Gasteiger partial charge on any atom is 0.408 e. The first-order valence-corrected chi connectivity index (χ1v) is 17.6. The lowest BCUT2D eigenvalue weighted by Gasteiger charge is -2.29. The molecule has 0 aromatic heterocycles. The number of aliphatic hydroxyl groups excluding tert-OH is 1. The van der Waals surface area contributed by atoms with Crippen molar-refractivity contribution in [2.24, 2.45) is 22.4 Å². The largest absolute Gasteiger partial charge is 0.445 e. The van der Waals surface area contributed by atoms with Gasteiger partial charge in [-0.3, -0.25) is 19.4 Å². The fraction of sp³-hybridized carbons (Fsp3) is 0.541. The smallest absolute Gasteiger partial charge is 0.408 e. The van der Waals surface area contributed by atoms with Gasteiger partial charge in [0.05, 0.1) is 18.6 Å². The Kier molecular flexibility index (Phi) is 17.1. The van der Waals surface area contributed by atoms with Gasteiger partial charge in [-0.25, -0.2) is 4.79 Å². The van der Waals surface area contributed by atoms with Gasteiger partial charge in [-0.1, -0.05) is 93.8 Å². The summed E-state index contributed by atoms with van der Waals surface area (Å²) in [5.41, 5.74) is 12.5. The third kappa shape index (κ3) is 15.3. The quantitative estimate of drug-likeness (QED) is 0.0659. The molecule has 3 rings (SSSR count). The third-order valence-electron chi connectivity index (χ3n) is 8.56. The van der Waals surface area contributed by atoms with Gasteiger partial charge in [0.2, 0.25) is 17.7 Å². The summed E-state index contributed by atoms with van der Waals surface area (Å²) >= 11 is 0. The molecule has 0 aliphatic heterocycles. The predicted molar refractivity (Wildman–Crippen MR) is 193 cm³/mol. The molecule has 0 bridgehead atoms. The lowest BCUT2D eigenvalue weighted by molar-refractivity contribution is -0.131. The number of guanidine groups is 1. The van der Waals surface area contributed by atoms with Gasteiger partial charge >= 0.3 is 6.09 Å². The number of aliphatic imine (C=N–C) groups is 1. The average molecular weight is 694 g/mol. The van der Waals surface area contributed by atoms with Crippen LogP contribution in [-0.2, 0) is 32.1 Å². The van der Waals surface area contributed by atoms with Crippen molar-refractivity contribution in [3.05, 3.63) is 71.8 Å². The van der Waals surface area contributed by atoms with E-state index in [4.69, 9.17) is 16.2 Å². The summed E-state index contributed by atoms with van der Waals surface area (Å²) < 4.78 is 5.36. The van der Waals surface area contributed by atoms with Gasteiger partial charge in [0.15, 0.2) is 5.96 Å². The second-order valence-corrected chi connectivity index (χ2v) is 13.4. The first-order valence-electron chi connectivity index (χ1n) is 17.6. The number of amides is 4. The minimum atomic E-state index is -1.14. The number of rotatable bonds is 19. The van der Waals surface area contributed by atoms with Crippen LogP contribution in [0.1, 0.15) is 82.8 Å². The van der Waals surface area contributed by atoms with Crippen molar-refractivity contribution in [3.63, 3.8) is 0 Å². The first kappa shape index (κ1) is 39.8. The Morgan fingerprint density at radius 2 is 1.48 bits per heavy atom. The molecule has 274 valence electrons. The van der Waals surface area contributed by atoms with Crippen LogP contribution in [0.2, 0.25) is 0 Å². The number of hydrogen-bond donors (Lipinski definition) is 7. The fourth-order valence-electron chi connectivity index (χ4n) is 5.98. The Labute approximate surface area is 295 Å². The van der Waals surface area contributed by atoms with E-state index in [-0.39, 0.29) is 56.2 Å². The van der Waals surface area contributed by atoms with Crippen molar-refractivity contribution >= 4 is 29.8 Å². The Morgan fingerprint density at radius 1 is 0.860 bits per heavy atom. The monoisotopic (exact) mass is 693 g/mol. The molecule has 1 saturated carbocycles. The Balaban J connectivity index is 1.74. The van der Waals surface area contributed by atoms with Crippen molar-refractivity contribution in [2.75, 3.05) is 6.54 Å². The van der Waals surface area contributed by atoms with Crippen LogP contribution in [0.25, 0.3) is 0 Å². The summed E-state index contributed by atoms with van der Waals surface area (Å²) in [5.74, 6) is -1.37. The number of ether oxygens (including phenoxy) is 1. The molecule has 0 radical (unpaired) electrons. The summed E-state index contributed by atoms with van der Waals surface area (Å²) in [5, 5.41) is 22.6.